The zero-order valence-corrected chi connectivity index (χ0v) is 13.8. The molecule has 0 unspecified atom stereocenters. The molecule has 4 nitrogen and oxygen atoms in total. The number of hydrogen-bond acceptors (Lipinski definition) is 4. The van der Waals surface area contributed by atoms with Crippen LogP contribution in [0.15, 0.2) is 34.4 Å². The van der Waals surface area contributed by atoms with Crippen LogP contribution in [-0.4, -0.2) is 52.3 Å². The van der Waals surface area contributed by atoms with E-state index in [-0.39, 0.29) is 0 Å². The van der Waals surface area contributed by atoms with Gasteiger partial charge in [0.2, 0.25) is 0 Å². The van der Waals surface area contributed by atoms with E-state index in [2.05, 4.69) is 48.3 Å². The molecule has 0 amide bonds. The van der Waals surface area contributed by atoms with Gasteiger partial charge in [0.05, 0.1) is 17.3 Å². The summed E-state index contributed by atoms with van der Waals surface area (Å²) in [6, 6.07) is 4.37. The molecule has 20 heavy (non-hydrogen) atoms. The summed E-state index contributed by atoms with van der Waals surface area (Å²) in [4.78, 5) is 6.52. The van der Waals surface area contributed by atoms with Crippen LogP contribution < -0.4 is 0 Å². The van der Waals surface area contributed by atoms with Crippen LogP contribution in [-0.2, 0) is 13.1 Å². The Labute approximate surface area is 132 Å². The Morgan fingerprint density at radius 3 is 2.65 bits per heavy atom. The fourth-order valence-electron chi connectivity index (χ4n) is 2.50. The van der Waals surface area contributed by atoms with E-state index in [1.165, 1.54) is 17.8 Å². The SMILES string of the molecule is Brc1cnn(CN2CCN(CCc3cccs3)CC2)c1. The van der Waals surface area contributed by atoms with Crippen molar-refractivity contribution >= 4 is 27.3 Å². The summed E-state index contributed by atoms with van der Waals surface area (Å²) in [7, 11) is 0. The van der Waals surface area contributed by atoms with Crippen molar-refractivity contribution < 1.29 is 0 Å². The Morgan fingerprint density at radius 2 is 2.00 bits per heavy atom. The summed E-state index contributed by atoms with van der Waals surface area (Å²) in [6.45, 7) is 6.65. The molecule has 3 heterocycles. The van der Waals surface area contributed by atoms with Crippen LogP contribution in [0.1, 0.15) is 4.88 Å². The van der Waals surface area contributed by atoms with E-state index in [1.807, 2.05) is 28.4 Å². The molecule has 1 fully saturated rings. The molecule has 0 bridgehead atoms. The van der Waals surface area contributed by atoms with Gasteiger partial charge < -0.3 is 4.90 Å². The number of thiophene rings is 1. The summed E-state index contributed by atoms with van der Waals surface area (Å²) in [5.41, 5.74) is 0. The van der Waals surface area contributed by atoms with Crippen molar-refractivity contribution in [3.05, 3.63) is 39.3 Å². The molecule has 1 saturated heterocycles. The van der Waals surface area contributed by atoms with E-state index in [1.54, 1.807) is 0 Å². The lowest BCUT2D eigenvalue weighted by Gasteiger charge is -2.34. The van der Waals surface area contributed by atoms with E-state index in [9.17, 15) is 0 Å². The van der Waals surface area contributed by atoms with E-state index in [4.69, 9.17) is 0 Å². The number of aromatic nitrogens is 2. The molecule has 0 N–H and O–H groups in total. The molecule has 2 aromatic rings. The molecule has 6 heteroatoms. The normalized spacial score (nSPS) is 17.6. The molecule has 3 rings (SSSR count). The van der Waals surface area contributed by atoms with E-state index in [0.29, 0.717) is 0 Å². The Balaban J connectivity index is 1.40. The van der Waals surface area contributed by atoms with Gasteiger partial charge in [0, 0.05) is 43.8 Å². The zero-order chi connectivity index (χ0) is 13.8. The van der Waals surface area contributed by atoms with Crippen molar-refractivity contribution in [1.82, 2.24) is 19.6 Å². The molecule has 1 aliphatic heterocycles. The Bertz CT molecular complexity index is 517. The molecule has 0 saturated carbocycles. The summed E-state index contributed by atoms with van der Waals surface area (Å²) in [5, 5.41) is 6.48. The first-order valence-electron chi connectivity index (χ1n) is 6.95. The van der Waals surface area contributed by atoms with Gasteiger partial charge in [-0.2, -0.15) is 5.10 Å². The average Bonchev–Trinajstić information content (AvgIpc) is 3.10. The highest BCUT2D eigenvalue weighted by Crippen LogP contribution is 2.12. The van der Waals surface area contributed by atoms with Crippen LogP contribution in [0.25, 0.3) is 0 Å². The van der Waals surface area contributed by atoms with Crippen molar-refractivity contribution in [3.8, 4) is 0 Å². The smallest absolute Gasteiger partial charge is 0.0930 e. The molecule has 0 radical (unpaired) electrons. The third-order valence-corrected chi connectivity index (χ3v) is 5.01. The van der Waals surface area contributed by atoms with Gasteiger partial charge in [-0.1, -0.05) is 6.07 Å². The van der Waals surface area contributed by atoms with Gasteiger partial charge in [0.15, 0.2) is 0 Å². The molecule has 0 aromatic carbocycles. The van der Waals surface area contributed by atoms with Crippen molar-refractivity contribution in [3.63, 3.8) is 0 Å². The molecular formula is C14H19BrN4S. The average molecular weight is 355 g/mol. The number of rotatable bonds is 5. The maximum absolute atomic E-state index is 4.31. The monoisotopic (exact) mass is 354 g/mol. The summed E-state index contributed by atoms with van der Waals surface area (Å²) in [6.07, 6.45) is 5.06. The first-order chi connectivity index (χ1) is 9.79. The van der Waals surface area contributed by atoms with Gasteiger partial charge in [-0.15, -0.1) is 11.3 Å². The van der Waals surface area contributed by atoms with Gasteiger partial charge in [0.25, 0.3) is 0 Å². The predicted octanol–water partition coefficient (Wildman–Crippen LogP) is 2.52. The van der Waals surface area contributed by atoms with Crippen molar-refractivity contribution in [2.75, 3.05) is 32.7 Å². The predicted molar refractivity (Wildman–Crippen MR) is 86.0 cm³/mol. The molecular weight excluding hydrogens is 336 g/mol. The Kier molecular flexibility index (Phi) is 4.88. The van der Waals surface area contributed by atoms with Gasteiger partial charge in [-0.3, -0.25) is 9.58 Å². The first-order valence-corrected chi connectivity index (χ1v) is 8.62. The van der Waals surface area contributed by atoms with Crippen LogP contribution in [0.3, 0.4) is 0 Å². The van der Waals surface area contributed by atoms with Crippen molar-refractivity contribution in [2.24, 2.45) is 0 Å². The fourth-order valence-corrected chi connectivity index (χ4v) is 3.52. The highest BCUT2D eigenvalue weighted by Gasteiger charge is 2.16. The molecule has 2 aromatic heterocycles. The molecule has 0 atom stereocenters. The second-order valence-electron chi connectivity index (χ2n) is 5.13. The largest absolute Gasteiger partial charge is 0.300 e. The lowest BCUT2D eigenvalue weighted by Crippen LogP contribution is -2.47. The third kappa shape index (κ3) is 3.91. The zero-order valence-electron chi connectivity index (χ0n) is 11.4. The standard InChI is InChI=1S/C14H19BrN4S/c15-13-10-16-19(11-13)12-18-7-5-17(6-8-18)4-3-14-2-1-9-20-14/h1-2,9-11H,3-8,12H2. The Hall–Kier alpha value is -0.690. The minimum Gasteiger partial charge on any atom is -0.300 e. The Morgan fingerprint density at radius 1 is 1.20 bits per heavy atom. The lowest BCUT2D eigenvalue weighted by atomic mass is 10.3. The second-order valence-corrected chi connectivity index (χ2v) is 7.08. The van der Waals surface area contributed by atoms with Crippen LogP contribution in [0.4, 0.5) is 0 Å². The van der Waals surface area contributed by atoms with E-state index >= 15 is 0 Å². The fraction of sp³-hybridized carbons (Fsp3) is 0.500. The molecule has 1 aliphatic rings. The van der Waals surface area contributed by atoms with E-state index < -0.39 is 0 Å². The molecule has 108 valence electrons. The second kappa shape index (κ2) is 6.85. The van der Waals surface area contributed by atoms with E-state index in [0.717, 1.165) is 37.3 Å². The maximum atomic E-state index is 4.31. The summed E-state index contributed by atoms with van der Waals surface area (Å²) < 4.78 is 3.04. The minimum atomic E-state index is 0.893. The first kappa shape index (κ1) is 14.3. The quantitative estimate of drug-likeness (QED) is 0.824. The maximum Gasteiger partial charge on any atom is 0.0930 e. The lowest BCUT2D eigenvalue weighted by molar-refractivity contribution is 0.104. The van der Waals surface area contributed by atoms with Crippen LogP contribution in [0.5, 0.6) is 0 Å². The van der Waals surface area contributed by atoms with Crippen LogP contribution >= 0.6 is 27.3 Å². The van der Waals surface area contributed by atoms with Crippen LogP contribution in [0, 0.1) is 0 Å². The number of halogens is 1. The number of hydrogen-bond donors (Lipinski definition) is 0. The number of nitrogens with zero attached hydrogens (tertiary/aromatic N) is 4. The highest BCUT2D eigenvalue weighted by atomic mass is 79.9. The van der Waals surface area contributed by atoms with Crippen molar-refractivity contribution in [1.29, 1.82) is 0 Å². The summed E-state index contributed by atoms with van der Waals surface area (Å²) in [5.74, 6) is 0. The van der Waals surface area contributed by atoms with Gasteiger partial charge in [-0.25, -0.2) is 0 Å². The van der Waals surface area contributed by atoms with Gasteiger partial charge in [-0.05, 0) is 33.8 Å². The highest BCUT2D eigenvalue weighted by molar-refractivity contribution is 9.10. The minimum absolute atomic E-state index is 0.893. The van der Waals surface area contributed by atoms with Gasteiger partial charge >= 0.3 is 0 Å². The van der Waals surface area contributed by atoms with Crippen molar-refractivity contribution in [2.45, 2.75) is 13.1 Å². The molecule has 0 spiro atoms. The molecule has 0 aliphatic carbocycles. The topological polar surface area (TPSA) is 24.3 Å². The number of piperazine rings is 1. The summed E-state index contributed by atoms with van der Waals surface area (Å²) >= 11 is 5.30. The third-order valence-electron chi connectivity index (χ3n) is 3.67. The van der Waals surface area contributed by atoms with Gasteiger partial charge in [0.1, 0.15) is 0 Å². The van der Waals surface area contributed by atoms with Crippen LogP contribution in [0.2, 0.25) is 0 Å².